The molecule has 1 aromatic heterocycles. The SMILES string of the molecule is CN(Cc1ccccc1)C[C@H]1C[C@@H]1c1c[nH]c2cc(C(F)(F)F)ccc12. The van der Waals surface area contributed by atoms with Crippen LogP contribution in [0.3, 0.4) is 0 Å². The van der Waals surface area contributed by atoms with Gasteiger partial charge in [-0.2, -0.15) is 13.2 Å². The van der Waals surface area contributed by atoms with Crippen LogP contribution in [0.5, 0.6) is 0 Å². The lowest BCUT2D eigenvalue weighted by atomic mass is 10.1. The molecule has 0 radical (unpaired) electrons. The van der Waals surface area contributed by atoms with E-state index in [9.17, 15) is 13.2 Å². The molecule has 26 heavy (non-hydrogen) atoms. The molecular formula is C21H21F3N2. The Morgan fingerprint density at radius 1 is 1.12 bits per heavy atom. The van der Waals surface area contributed by atoms with Gasteiger partial charge in [-0.05, 0) is 48.6 Å². The molecule has 1 aliphatic rings. The number of hydrogen-bond donors (Lipinski definition) is 1. The van der Waals surface area contributed by atoms with E-state index < -0.39 is 11.7 Å². The summed E-state index contributed by atoms with van der Waals surface area (Å²) in [5.74, 6) is 0.990. The predicted molar refractivity (Wildman–Crippen MR) is 96.9 cm³/mol. The molecule has 0 spiro atoms. The summed E-state index contributed by atoms with van der Waals surface area (Å²) in [4.78, 5) is 5.34. The Morgan fingerprint density at radius 2 is 1.88 bits per heavy atom. The predicted octanol–water partition coefficient (Wildman–Crippen LogP) is 5.42. The number of nitrogens with zero attached hydrogens (tertiary/aromatic N) is 1. The summed E-state index contributed by atoms with van der Waals surface area (Å²) < 4.78 is 38.6. The van der Waals surface area contributed by atoms with Gasteiger partial charge >= 0.3 is 6.18 Å². The Bertz CT molecular complexity index is 899. The second-order valence-electron chi connectivity index (χ2n) is 7.29. The van der Waals surface area contributed by atoms with E-state index in [-0.39, 0.29) is 0 Å². The maximum absolute atomic E-state index is 12.9. The van der Waals surface area contributed by atoms with E-state index >= 15 is 0 Å². The molecule has 136 valence electrons. The number of rotatable bonds is 5. The van der Waals surface area contributed by atoms with Crippen molar-refractivity contribution in [2.75, 3.05) is 13.6 Å². The zero-order valence-electron chi connectivity index (χ0n) is 14.6. The lowest BCUT2D eigenvalue weighted by Crippen LogP contribution is -2.20. The fourth-order valence-corrected chi connectivity index (χ4v) is 3.82. The zero-order valence-corrected chi connectivity index (χ0v) is 14.6. The normalized spacial score (nSPS) is 20.0. The fraction of sp³-hybridized carbons (Fsp3) is 0.333. The average Bonchev–Trinajstić information content (AvgIpc) is 3.21. The van der Waals surface area contributed by atoms with Gasteiger partial charge in [0.2, 0.25) is 0 Å². The number of aromatic amines is 1. The Morgan fingerprint density at radius 3 is 2.62 bits per heavy atom. The lowest BCUT2D eigenvalue weighted by molar-refractivity contribution is -0.137. The Balaban J connectivity index is 1.43. The highest BCUT2D eigenvalue weighted by Gasteiger charge is 2.40. The number of H-pyrrole nitrogens is 1. The van der Waals surface area contributed by atoms with Crippen LogP contribution in [0.2, 0.25) is 0 Å². The van der Waals surface area contributed by atoms with Crippen molar-refractivity contribution in [1.29, 1.82) is 0 Å². The summed E-state index contributed by atoms with van der Waals surface area (Å²) in [6.45, 7) is 1.90. The maximum atomic E-state index is 12.9. The molecule has 5 heteroatoms. The van der Waals surface area contributed by atoms with Crippen LogP contribution in [-0.2, 0) is 12.7 Å². The van der Waals surface area contributed by atoms with Gasteiger partial charge in [-0.1, -0.05) is 36.4 Å². The first kappa shape index (κ1) is 17.2. The van der Waals surface area contributed by atoms with Crippen LogP contribution >= 0.6 is 0 Å². The number of hydrogen-bond acceptors (Lipinski definition) is 1. The third kappa shape index (κ3) is 3.49. The zero-order chi connectivity index (χ0) is 18.3. The summed E-state index contributed by atoms with van der Waals surface area (Å²) in [6, 6.07) is 14.3. The average molecular weight is 358 g/mol. The van der Waals surface area contributed by atoms with Crippen molar-refractivity contribution in [3.05, 3.63) is 71.4 Å². The van der Waals surface area contributed by atoms with Crippen LogP contribution in [0.4, 0.5) is 13.2 Å². The van der Waals surface area contributed by atoms with Crippen LogP contribution in [0.15, 0.2) is 54.7 Å². The molecule has 3 aromatic rings. The molecule has 0 unspecified atom stereocenters. The molecule has 2 aromatic carbocycles. The van der Waals surface area contributed by atoms with Crippen molar-refractivity contribution in [3.8, 4) is 0 Å². The summed E-state index contributed by atoms with van der Waals surface area (Å²) in [5.41, 5.74) is 2.40. The van der Waals surface area contributed by atoms with Crippen LogP contribution < -0.4 is 0 Å². The number of nitrogens with one attached hydrogen (secondary N) is 1. The van der Waals surface area contributed by atoms with Crippen molar-refractivity contribution in [2.45, 2.75) is 25.1 Å². The number of halogens is 3. The minimum atomic E-state index is -4.30. The quantitative estimate of drug-likeness (QED) is 0.645. The highest BCUT2D eigenvalue weighted by Crippen LogP contribution is 2.50. The monoisotopic (exact) mass is 358 g/mol. The molecule has 0 aliphatic heterocycles. The highest BCUT2D eigenvalue weighted by molar-refractivity contribution is 5.85. The minimum absolute atomic E-state index is 0.429. The molecule has 1 aliphatic carbocycles. The first-order valence-corrected chi connectivity index (χ1v) is 8.82. The van der Waals surface area contributed by atoms with Gasteiger partial charge in [-0.25, -0.2) is 0 Å². The molecule has 0 amide bonds. The third-order valence-corrected chi connectivity index (χ3v) is 5.20. The second kappa shape index (κ2) is 6.47. The maximum Gasteiger partial charge on any atom is 0.416 e. The smallest absolute Gasteiger partial charge is 0.361 e. The van der Waals surface area contributed by atoms with Gasteiger partial charge in [0.15, 0.2) is 0 Å². The number of fused-ring (bicyclic) bond motifs is 1. The summed E-state index contributed by atoms with van der Waals surface area (Å²) in [5, 5.41) is 0.913. The second-order valence-corrected chi connectivity index (χ2v) is 7.29. The lowest BCUT2D eigenvalue weighted by Gasteiger charge is -2.16. The fourth-order valence-electron chi connectivity index (χ4n) is 3.82. The molecule has 0 saturated heterocycles. The number of aromatic nitrogens is 1. The van der Waals surface area contributed by atoms with Crippen molar-refractivity contribution in [3.63, 3.8) is 0 Å². The highest BCUT2D eigenvalue weighted by atomic mass is 19.4. The Kier molecular flexibility index (Phi) is 4.27. The van der Waals surface area contributed by atoms with Crippen LogP contribution in [0.25, 0.3) is 10.9 Å². The summed E-state index contributed by atoms with van der Waals surface area (Å²) in [6.07, 6.45) is -1.33. The van der Waals surface area contributed by atoms with E-state index in [0.717, 1.165) is 30.5 Å². The topological polar surface area (TPSA) is 19.0 Å². The molecule has 1 heterocycles. The van der Waals surface area contributed by atoms with E-state index in [1.165, 1.54) is 17.7 Å². The summed E-state index contributed by atoms with van der Waals surface area (Å²) >= 11 is 0. The van der Waals surface area contributed by atoms with Crippen LogP contribution in [-0.4, -0.2) is 23.5 Å². The molecule has 2 nitrogen and oxygen atoms in total. The van der Waals surface area contributed by atoms with Crippen molar-refractivity contribution >= 4 is 10.9 Å². The standard InChI is InChI=1S/C21H21F3N2/c1-26(12-14-5-3-2-4-6-14)13-15-9-18(15)19-11-25-20-10-16(21(22,23)24)7-8-17(19)20/h2-8,10-11,15,18,25H,9,12-13H2,1H3/t15-,18+/m1/s1. The van der Waals surface area contributed by atoms with Gasteiger partial charge in [0, 0.05) is 30.2 Å². The van der Waals surface area contributed by atoms with Gasteiger partial charge in [0.25, 0.3) is 0 Å². The molecule has 1 fully saturated rings. The molecule has 2 atom stereocenters. The number of alkyl halides is 3. The van der Waals surface area contributed by atoms with Crippen molar-refractivity contribution < 1.29 is 13.2 Å². The van der Waals surface area contributed by atoms with E-state index in [4.69, 9.17) is 0 Å². The van der Waals surface area contributed by atoms with E-state index in [1.54, 1.807) is 6.07 Å². The first-order valence-electron chi connectivity index (χ1n) is 8.82. The Labute approximate surface area is 150 Å². The molecule has 4 rings (SSSR count). The first-order chi connectivity index (χ1) is 12.4. The van der Waals surface area contributed by atoms with Crippen LogP contribution in [0.1, 0.15) is 29.0 Å². The van der Waals surface area contributed by atoms with E-state index in [2.05, 4.69) is 29.1 Å². The van der Waals surface area contributed by atoms with Crippen molar-refractivity contribution in [2.24, 2.45) is 5.92 Å². The number of benzene rings is 2. The largest absolute Gasteiger partial charge is 0.416 e. The van der Waals surface area contributed by atoms with Gasteiger partial charge in [0.1, 0.15) is 0 Å². The molecule has 0 bridgehead atoms. The minimum Gasteiger partial charge on any atom is -0.361 e. The van der Waals surface area contributed by atoms with Gasteiger partial charge in [0.05, 0.1) is 5.56 Å². The van der Waals surface area contributed by atoms with Crippen LogP contribution in [0, 0.1) is 5.92 Å². The molecule has 1 N–H and O–H groups in total. The van der Waals surface area contributed by atoms with Crippen molar-refractivity contribution in [1.82, 2.24) is 9.88 Å². The van der Waals surface area contributed by atoms with E-state index in [1.807, 2.05) is 24.4 Å². The van der Waals surface area contributed by atoms with Gasteiger partial charge < -0.3 is 9.88 Å². The summed E-state index contributed by atoms with van der Waals surface area (Å²) in [7, 11) is 2.12. The van der Waals surface area contributed by atoms with E-state index in [0.29, 0.717) is 17.4 Å². The van der Waals surface area contributed by atoms with Gasteiger partial charge in [-0.15, -0.1) is 0 Å². The Hall–Kier alpha value is -2.27. The molecule has 1 saturated carbocycles. The molecular weight excluding hydrogens is 337 g/mol. The van der Waals surface area contributed by atoms with Gasteiger partial charge in [-0.3, -0.25) is 0 Å². The third-order valence-electron chi connectivity index (χ3n) is 5.20.